The highest BCUT2D eigenvalue weighted by Gasteiger charge is 2.22. The number of benzene rings is 2. The maximum Gasteiger partial charge on any atom is 0.330 e. The van der Waals surface area contributed by atoms with Crippen LogP contribution in [0.15, 0.2) is 48.5 Å². The molecular weight excluding hydrogens is 274 g/mol. The Kier molecular flexibility index (Phi) is 4.08. The van der Waals surface area contributed by atoms with Crippen molar-refractivity contribution in [2.24, 2.45) is 0 Å². The number of hydrogen-bond acceptors (Lipinski definition) is 4. The van der Waals surface area contributed by atoms with Crippen LogP contribution in [0.5, 0.6) is 11.5 Å². The van der Waals surface area contributed by atoms with E-state index in [4.69, 9.17) is 5.11 Å². The van der Waals surface area contributed by atoms with Crippen molar-refractivity contribution in [2.75, 3.05) is 0 Å². The van der Waals surface area contributed by atoms with Gasteiger partial charge in [-0.15, -0.1) is 0 Å². The second kappa shape index (κ2) is 5.96. The fourth-order valence-corrected chi connectivity index (χ4v) is 1.78. The zero-order valence-corrected chi connectivity index (χ0v) is 10.9. The highest BCUT2D eigenvalue weighted by Crippen LogP contribution is 2.18. The van der Waals surface area contributed by atoms with Crippen LogP contribution in [0.25, 0.3) is 0 Å². The summed E-state index contributed by atoms with van der Waals surface area (Å²) in [5.74, 6) is -1.77. The number of carboxylic acids is 1. The summed E-state index contributed by atoms with van der Waals surface area (Å²) in [4.78, 5) is 23.3. The maximum atomic E-state index is 12.0. The molecule has 2 aromatic carbocycles. The fourth-order valence-electron chi connectivity index (χ4n) is 1.78. The number of phenols is 2. The molecule has 108 valence electrons. The molecule has 0 radical (unpaired) electrons. The van der Waals surface area contributed by atoms with Gasteiger partial charge >= 0.3 is 5.97 Å². The number of phenolic OH excluding ortho intramolecular Hbond substituents is 2. The summed E-state index contributed by atoms with van der Waals surface area (Å²) >= 11 is 0. The van der Waals surface area contributed by atoms with Gasteiger partial charge in [0.05, 0.1) is 0 Å². The minimum absolute atomic E-state index is 0.00718. The highest BCUT2D eigenvalue weighted by atomic mass is 16.4. The molecule has 21 heavy (non-hydrogen) atoms. The second-order valence-electron chi connectivity index (χ2n) is 4.38. The first-order chi connectivity index (χ1) is 9.97. The van der Waals surface area contributed by atoms with E-state index in [0.29, 0.717) is 5.56 Å². The van der Waals surface area contributed by atoms with Crippen molar-refractivity contribution >= 4 is 11.9 Å². The second-order valence-corrected chi connectivity index (χ2v) is 4.38. The maximum absolute atomic E-state index is 12.0. The highest BCUT2D eigenvalue weighted by molar-refractivity contribution is 5.96. The molecule has 6 heteroatoms. The summed E-state index contributed by atoms with van der Waals surface area (Å²) in [6.45, 7) is 0. The SMILES string of the molecule is O=C(N[C@@H](C(=O)O)c1ccc(O)cc1)c1ccc(O)cc1. The quantitative estimate of drug-likeness (QED) is 0.684. The Balaban J connectivity index is 2.20. The van der Waals surface area contributed by atoms with E-state index >= 15 is 0 Å². The molecule has 6 nitrogen and oxygen atoms in total. The molecule has 0 fully saturated rings. The molecule has 2 aromatic rings. The van der Waals surface area contributed by atoms with E-state index < -0.39 is 17.9 Å². The van der Waals surface area contributed by atoms with Crippen LogP contribution in [0.3, 0.4) is 0 Å². The van der Waals surface area contributed by atoms with Gasteiger partial charge in [0.1, 0.15) is 11.5 Å². The predicted molar refractivity (Wildman–Crippen MR) is 74.1 cm³/mol. The van der Waals surface area contributed by atoms with Gasteiger partial charge < -0.3 is 20.6 Å². The van der Waals surface area contributed by atoms with E-state index in [2.05, 4.69) is 5.32 Å². The van der Waals surface area contributed by atoms with Crippen LogP contribution >= 0.6 is 0 Å². The van der Waals surface area contributed by atoms with Crippen LogP contribution in [0.2, 0.25) is 0 Å². The molecule has 2 rings (SSSR count). The van der Waals surface area contributed by atoms with Crippen molar-refractivity contribution in [2.45, 2.75) is 6.04 Å². The average Bonchev–Trinajstić information content (AvgIpc) is 2.46. The molecule has 0 spiro atoms. The van der Waals surface area contributed by atoms with Crippen molar-refractivity contribution in [3.8, 4) is 11.5 Å². The number of carboxylic acid groups (broad SMARTS) is 1. The minimum Gasteiger partial charge on any atom is -0.508 e. The van der Waals surface area contributed by atoms with Crippen molar-refractivity contribution in [1.29, 1.82) is 0 Å². The van der Waals surface area contributed by atoms with Gasteiger partial charge in [0, 0.05) is 5.56 Å². The lowest BCUT2D eigenvalue weighted by Gasteiger charge is -2.15. The number of carbonyl (C=O) groups is 2. The Morgan fingerprint density at radius 2 is 1.33 bits per heavy atom. The van der Waals surface area contributed by atoms with Crippen LogP contribution in [0, 0.1) is 0 Å². The number of amides is 1. The summed E-state index contributed by atoms with van der Waals surface area (Å²) in [5.41, 5.74) is 0.574. The van der Waals surface area contributed by atoms with Crippen LogP contribution in [0.1, 0.15) is 22.0 Å². The van der Waals surface area contributed by atoms with E-state index in [1.165, 1.54) is 48.5 Å². The van der Waals surface area contributed by atoms with Crippen LogP contribution in [-0.2, 0) is 4.79 Å². The number of aromatic hydroxyl groups is 2. The first-order valence-electron chi connectivity index (χ1n) is 6.09. The molecule has 0 bridgehead atoms. The summed E-state index contributed by atoms with van der Waals surface area (Å²) in [6, 6.07) is 9.76. The van der Waals surface area contributed by atoms with Crippen molar-refractivity contribution < 1.29 is 24.9 Å². The Morgan fingerprint density at radius 3 is 1.81 bits per heavy atom. The van der Waals surface area contributed by atoms with Crippen molar-refractivity contribution in [3.63, 3.8) is 0 Å². The first-order valence-corrected chi connectivity index (χ1v) is 6.09. The van der Waals surface area contributed by atoms with Crippen LogP contribution in [0.4, 0.5) is 0 Å². The van der Waals surface area contributed by atoms with Gasteiger partial charge in [-0.1, -0.05) is 12.1 Å². The third-order valence-corrected chi connectivity index (χ3v) is 2.88. The van der Waals surface area contributed by atoms with E-state index in [-0.39, 0.29) is 17.1 Å². The van der Waals surface area contributed by atoms with Gasteiger partial charge in [-0.05, 0) is 42.0 Å². The van der Waals surface area contributed by atoms with Crippen molar-refractivity contribution in [3.05, 3.63) is 59.7 Å². The number of nitrogens with one attached hydrogen (secondary N) is 1. The van der Waals surface area contributed by atoms with Crippen LogP contribution < -0.4 is 5.32 Å². The molecule has 0 unspecified atom stereocenters. The molecule has 0 saturated heterocycles. The number of aliphatic carboxylic acids is 1. The van der Waals surface area contributed by atoms with Crippen molar-refractivity contribution in [1.82, 2.24) is 5.32 Å². The minimum atomic E-state index is -1.23. The van der Waals surface area contributed by atoms with Gasteiger partial charge in [-0.25, -0.2) is 4.79 Å². The lowest BCUT2D eigenvalue weighted by molar-refractivity contribution is -0.139. The first kappa shape index (κ1) is 14.4. The Hall–Kier alpha value is -3.02. The van der Waals surface area contributed by atoms with E-state index in [9.17, 15) is 19.8 Å². The smallest absolute Gasteiger partial charge is 0.330 e. The van der Waals surface area contributed by atoms with Crippen LogP contribution in [-0.4, -0.2) is 27.2 Å². The summed E-state index contributed by atoms with van der Waals surface area (Å²) in [7, 11) is 0. The molecule has 1 amide bonds. The van der Waals surface area contributed by atoms with Gasteiger partial charge in [-0.2, -0.15) is 0 Å². The number of rotatable bonds is 4. The Labute approximate surface area is 120 Å². The monoisotopic (exact) mass is 287 g/mol. The zero-order chi connectivity index (χ0) is 15.4. The molecule has 0 aliphatic rings. The molecular formula is C15H13NO5. The topological polar surface area (TPSA) is 107 Å². The predicted octanol–water partition coefficient (Wildman–Crippen LogP) is 1.65. The third-order valence-electron chi connectivity index (χ3n) is 2.88. The van der Waals surface area contributed by atoms with Gasteiger partial charge in [-0.3, -0.25) is 4.79 Å². The third kappa shape index (κ3) is 3.50. The molecule has 0 saturated carbocycles. The Morgan fingerprint density at radius 1 is 0.857 bits per heavy atom. The van der Waals surface area contributed by atoms with E-state index in [1.807, 2.05) is 0 Å². The van der Waals surface area contributed by atoms with E-state index in [1.54, 1.807) is 0 Å². The standard InChI is InChI=1S/C15H13NO5/c17-11-5-1-9(2-6-11)13(15(20)21)16-14(19)10-3-7-12(18)8-4-10/h1-8,13,17-18H,(H,16,19)(H,20,21)/t13-/m1/s1. The fraction of sp³-hybridized carbons (Fsp3) is 0.0667. The number of carbonyl (C=O) groups excluding carboxylic acids is 1. The number of hydrogen-bond donors (Lipinski definition) is 4. The van der Waals surface area contributed by atoms with Gasteiger partial charge in [0.25, 0.3) is 5.91 Å². The molecule has 0 heterocycles. The summed E-state index contributed by atoms with van der Waals surface area (Å²) in [6.07, 6.45) is 0. The van der Waals surface area contributed by atoms with Gasteiger partial charge in [0.15, 0.2) is 6.04 Å². The molecule has 4 N–H and O–H groups in total. The summed E-state index contributed by atoms with van der Waals surface area (Å²) in [5, 5.41) is 30.0. The molecule has 1 atom stereocenters. The average molecular weight is 287 g/mol. The Bertz CT molecular complexity index is 649. The summed E-state index contributed by atoms with van der Waals surface area (Å²) < 4.78 is 0. The largest absolute Gasteiger partial charge is 0.508 e. The zero-order valence-electron chi connectivity index (χ0n) is 10.9. The lowest BCUT2D eigenvalue weighted by Crippen LogP contribution is -2.33. The molecule has 0 aromatic heterocycles. The van der Waals surface area contributed by atoms with E-state index in [0.717, 1.165) is 0 Å². The molecule has 0 aliphatic carbocycles. The van der Waals surface area contributed by atoms with Gasteiger partial charge in [0.2, 0.25) is 0 Å². The lowest BCUT2D eigenvalue weighted by atomic mass is 10.1. The molecule has 0 aliphatic heterocycles. The normalized spacial score (nSPS) is 11.6.